The number of methoxy groups -OCH3 is 1. The Morgan fingerprint density at radius 1 is 1.30 bits per heavy atom. The van der Waals surface area contributed by atoms with Crippen LogP contribution in [-0.4, -0.2) is 57.2 Å². The molecule has 0 aliphatic carbocycles. The van der Waals surface area contributed by atoms with E-state index in [0.29, 0.717) is 25.0 Å². The summed E-state index contributed by atoms with van der Waals surface area (Å²) in [5.74, 6) is -0.0328. The summed E-state index contributed by atoms with van der Waals surface area (Å²) in [4.78, 5) is 11.1. The van der Waals surface area contributed by atoms with Gasteiger partial charge in [-0.05, 0) is 38.1 Å². The van der Waals surface area contributed by atoms with E-state index in [1.165, 1.54) is 24.3 Å². The van der Waals surface area contributed by atoms with Crippen molar-refractivity contribution >= 4 is 16.0 Å². The van der Waals surface area contributed by atoms with Crippen LogP contribution >= 0.6 is 0 Å². The molecule has 6 nitrogen and oxygen atoms in total. The minimum absolute atomic E-state index is 0.0665. The number of nitrogens with zero attached hydrogens (tertiary/aromatic N) is 1. The topological polar surface area (TPSA) is 75.7 Å². The van der Waals surface area contributed by atoms with E-state index in [9.17, 15) is 13.2 Å². The molecular weight excluding hydrogens is 280 g/mol. The second-order valence-electron chi connectivity index (χ2n) is 5.58. The Kier molecular flexibility index (Phi) is 5.40. The monoisotopic (exact) mass is 304 g/mol. The summed E-state index contributed by atoms with van der Waals surface area (Å²) in [6, 6.07) is 0.565. The first-order valence-electron chi connectivity index (χ1n) is 7.31. The van der Waals surface area contributed by atoms with Gasteiger partial charge in [0.2, 0.25) is 10.0 Å². The summed E-state index contributed by atoms with van der Waals surface area (Å²) in [5.41, 5.74) is 0. The van der Waals surface area contributed by atoms with E-state index in [1.54, 1.807) is 0 Å². The van der Waals surface area contributed by atoms with Crippen LogP contribution in [0.25, 0.3) is 0 Å². The van der Waals surface area contributed by atoms with E-state index in [0.717, 1.165) is 19.4 Å². The van der Waals surface area contributed by atoms with Crippen molar-refractivity contribution in [2.45, 2.75) is 38.1 Å². The predicted octanol–water partition coefficient (Wildman–Crippen LogP) is 0.343. The Hall–Kier alpha value is -0.660. The van der Waals surface area contributed by atoms with Gasteiger partial charge in [-0.3, -0.25) is 4.79 Å². The van der Waals surface area contributed by atoms with Gasteiger partial charge in [0, 0.05) is 19.1 Å². The third-order valence-corrected chi connectivity index (χ3v) is 6.22. The normalized spacial score (nSPS) is 25.8. The quantitative estimate of drug-likeness (QED) is 0.742. The average Bonchev–Trinajstić information content (AvgIpc) is 2.99. The Bertz CT molecular complexity index is 424. The van der Waals surface area contributed by atoms with Gasteiger partial charge in [0.25, 0.3) is 0 Å². The van der Waals surface area contributed by atoms with Crippen molar-refractivity contribution in [2.75, 3.05) is 32.5 Å². The molecule has 0 aromatic heterocycles. The van der Waals surface area contributed by atoms with Crippen molar-refractivity contribution in [3.8, 4) is 0 Å². The van der Waals surface area contributed by atoms with Crippen LogP contribution in [0.2, 0.25) is 0 Å². The van der Waals surface area contributed by atoms with E-state index in [-0.39, 0.29) is 12.2 Å². The highest BCUT2D eigenvalue weighted by atomic mass is 32.2. The van der Waals surface area contributed by atoms with E-state index in [2.05, 4.69) is 10.1 Å². The lowest BCUT2D eigenvalue weighted by Crippen LogP contribution is -2.44. The fourth-order valence-corrected chi connectivity index (χ4v) is 4.56. The average molecular weight is 304 g/mol. The number of nitrogens with one attached hydrogen (secondary N) is 1. The molecule has 0 saturated carbocycles. The predicted molar refractivity (Wildman–Crippen MR) is 75.7 cm³/mol. The fourth-order valence-electron chi connectivity index (χ4n) is 3.11. The Balaban J connectivity index is 1.81. The molecule has 1 atom stereocenters. The summed E-state index contributed by atoms with van der Waals surface area (Å²) < 4.78 is 30.3. The molecule has 2 heterocycles. The molecule has 0 aromatic rings. The number of carbonyl (C=O) groups is 1. The smallest absolute Gasteiger partial charge is 0.306 e. The van der Waals surface area contributed by atoms with Crippen LogP contribution in [0.15, 0.2) is 0 Å². The lowest BCUT2D eigenvalue weighted by Gasteiger charge is -2.34. The van der Waals surface area contributed by atoms with Crippen molar-refractivity contribution in [3.63, 3.8) is 0 Å². The van der Waals surface area contributed by atoms with Crippen LogP contribution < -0.4 is 5.32 Å². The molecule has 0 spiro atoms. The first-order valence-corrected chi connectivity index (χ1v) is 8.92. The lowest BCUT2D eigenvalue weighted by atomic mass is 9.89. The summed E-state index contributed by atoms with van der Waals surface area (Å²) in [6.07, 6.45) is 4.19. The molecule has 1 unspecified atom stereocenters. The summed E-state index contributed by atoms with van der Waals surface area (Å²) in [7, 11) is -2.05. The lowest BCUT2D eigenvalue weighted by molar-refractivity contribution is -0.140. The Morgan fingerprint density at radius 3 is 2.55 bits per heavy atom. The van der Waals surface area contributed by atoms with Crippen molar-refractivity contribution in [2.24, 2.45) is 5.92 Å². The second kappa shape index (κ2) is 6.87. The highest BCUT2D eigenvalue weighted by Crippen LogP contribution is 2.26. The van der Waals surface area contributed by atoms with Crippen molar-refractivity contribution in [3.05, 3.63) is 0 Å². The molecule has 2 aliphatic rings. The maximum Gasteiger partial charge on any atom is 0.306 e. The first kappa shape index (κ1) is 15.7. The summed E-state index contributed by atoms with van der Waals surface area (Å²) in [5, 5.41) is 3.50. The summed E-state index contributed by atoms with van der Waals surface area (Å²) >= 11 is 0. The highest BCUT2D eigenvalue weighted by Gasteiger charge is 2.32. The number of esters is 1. The maximum absolute atomic E-state index is 12.1. The van der Waals surface area contributed by atoms with Gasteiger partial charge in [0.1, 0.15) is 0 Å². The molecule has 2 rings (SSSR count). The molecule has 2 fully saturated rings. The molecule has 116 valence electrons. The highest BCUT2D eigenvalue weighted by molar-refractivity contribution is 7.89. The molecular formula is C13H24N2O4S. The van der Waals surface area contributed by atoms with Crippen LogP contribution in [0.3, 0.4) is 0 Å². The van der Waals surface area contributed by atoms with E-state index >= 15 is 0 Å². The zero-order chi connectivity index (χ0) is 14.6. The van der Waals surface area contributed by atoms with Crippen LogP contribution in [0.1, 0.15) is 32.1 Å². The molecule has 2 aliphatic heterocycles. The minimum atomic E-state index is -3.32. The van der Waals surface area contributed by atoms with Gasteiger partial charge in [-0.2, -0.15) is 0 Å². The molecule has 0 radical (unpaired) electrons. The van der Waals surface area contributed by atoms with Gasteiger partial charge >= 0.3 is 5.97 Å². The van der Waals surface area contributed by atoms with Gasteiger partial charge in [-0.15, -0.1) is 0 Å². The van der Waals surface area contributed by atoms with Gasteiger partial charge in [0.15, 0.2) is 0 Å². The molecule has 0 aromatic carbocycles. The molecule has 0 bridgehead atoms. The number of hydrogen-bond donors (Lipinski definition) is 1. The molecule has 7 heteroatoms. The zero-order valence-corrected chi connectivity index (χ0v) is 12.8. The third-order valence-electron chi connectivity index (χ3n) is 4.35. The largest absolute Gasteiger partial charge is 0.469 e. The van der Waals surface area contributed by atoms with Gasteiger partial charge < -0.3 is 10.1 Å². The third kappa shape index (κ3) is 3.93. The van der Waals surface area contributed by atoms with Crippen molar-refractivity contribution < 1.29 is 17.9 Å². The standard InChI is InChI=1S/C13H24N2O4S/c1-19-13(16)6-10-20(17,18)15-8-4-11(5-9-15)12-3-2-7-14-12/h11-12,14H,2-10H2,1H3. The zero-order valence-electron chi connectivity index (χ0n) is 12.0. The van der Waals surface area contributed by atoms with Crippen LogP contribution in [0.5, 0.6) is 0 Å². The van der Waals surface area contributed by atoms with Crippen molar-refractivity contribution in [1.29, 1.82) is 0 Å². The maximum atomic E-state index is 12.1. The molecule has 0 amide bonds. The van der Waals surface area contributed by atoms with Gasteiger partial charge in [-0.25, -0.2) is 12.7 Å². The Labute approximate surface area is 120 Å². The van der Waals surface area contributed by atoms with E-state index < -0.39 is 16.0 Å². The van der Waals surface area contributed by atoms with E-state index in [4.69, 9.17) is 0 Å². The minimum Gasteiger partial charge on any atom is -0.469 e. The number of sulfonamides is 1. The fraction of sp³-hybridized carbons (Fsp3) is 0.923. The SMILES string of the molecule is COC(=O)CCS(=O)(=O)N1CCC(C2CCCN2)CC1. The van der Waals surface area contributed by atoms with Crippen molar-refractivity contribution in [1.82, 2.24) is 9.62 Å². The number of piperidine rings is 1. The molecule has 20 heavy (non-hydrogen) atoms. The first-order chi connectivity index (χ1) is 9.53. The summed E-state index contributed by atoms with van der Waals surface area (Å²) in [6.45, 7) is 2.24. The Morgan fingerprint density at radius 2 is 2.00 bits per heavy atom. The van der Waals surface area contributed by atoms with Gasteiger partial charge in [0.05, 0.1) is 19.3 Å². The number of carbonyl (C=O) groups excluding carboxylic acids is 1. The van der Waals surface area contributed by atoms with E-state index in [1.807, 2.05) is 0 Å². The molecule has 1 N–H and O–H groups in total. The van der Waals surface area contributed by atoms with Crippen LogP contribution in [0, 0.1) is 5.92 Å². The number of rotatable bonds is 5. The molecule has 2 saturated heterocycles. The number of ether oxygens (including phenoxy) is 1. The van der Waals surface area contributed by atoms with Gasteiger partial charge in [-0.1, -0.05) is 0 Å². The van der Waals surface area contributed by atoms with Crippen LogP contribution in [-0.2, 0) is 19.6 Å². The second-order valence-corrected chi connectivity index (χ2v) is 7.67. The number of hydrogen-bond acceptors (Lipinski definition) is 5. The van der Waals surface area contributed by atoms with Crippen LogP contribution in [0.4, 0.5) is 0 Å².